The number of rotatable bonds is 11. The molecule has 0 bridgehead atoms. The molecule has 31 heavy (non-hydrogen) atoms. The van der Waals surface area contributed by atoms with Crippen LogP contribution >= 0.6 is 0 Å². The summed E-state index contributed by atoms with van der Waals surface area (Å²) in [5.74, 6) is -0.831. The summed E-state index contributed by atoms with van der Waals surface area (Å²) >= 11 is 0. The lowest BCUT2D eigenvalue weighted by Crippen LogP contribution is -2.20. The molecule has 0 spiro atoms. The molecule has 3 rings (SSSR count). The minimum Gasteiger partial charge on any atom is -0.461 e. The number of hydrogen-bond acceptors (Lipinski definition) is 7. The number of aromatic nitrogens is 1. The van der Waals surface area contributed by atoms with Gasteiger partial charge in [-0.15, -0.1) is 0 Å². The van der Waals surface area contributed by atoms with Crippen molar-refractivity contribution in [2.75, 3.05) is 60.8 Å². The predicted molar refractivity (Wildman–Crippen MR) is 117 cm³/mol. The van der Waals surface area contributed by atoms with Gasteiger partial charge in [-0.3, -0.25) is 0 Å². The Morgan fingerprint density at radius 1 is 0.903 bits per heavy atom. The molecule has 0 unspecified atom stereocenters. The number of pyridine rings is 1. The lowest BCUT2D eigenvalue weighted by Gasteiger charge is -2.10. The highest BCUT2D eigenvalue weighted by Crippen LogP contribution is 2.28. The van der Waals surface area contributed by atoms with Crippen LogP contribution in [0.25, 0.3) is 16.4 Å². The molecule has 0 radical (unpaired) electrons. The lowest BCUT2D eigenvalue weighted by molar-refractivity contribution is 0.0214. The lowest BCUT2D eigenvalue weighted by atomic mass is 10.1. The van der Waals surface area contributed by atoms with Gasteiger partial charge in [0.1, 0.15) is 13.2 Å². The minimum atomic E-state index is -0.446. The normalized spacial score (nSPS) is 11.4. The zero-order valence-electron chi connectivity index (χ0n) is 18.1. The first-order chi connectivity index (χ1) is 15.0. The van der Waals surface area contributed by atoms with Crippen molar-refractivity contribution in [1.82, 2.24) is 9.30 Å². The van der Waals surface area contributed by atoms with Crippen molar-refractivity contribution in [3.8, 4) is 0 Å². The van der Waals surface area contributed by atoms with Crippen molar-refractivity contribution < 1.29 is 28.5 Å². The number of carbonyl (C=O) groups excluding carboxylic acids is 2. The fourth-order valence-corrected chi connectivity index (χ4v) is 3.19. The Bertz CT molecular complexity index is 1040. The summed E-state index contributed by atoms with van der Waals surface area (Å²) in [5, 5.41) is 0.723. The summed E-state index contributed by atoms with van der Waals surface area (Å²) in [4.78, 5) is 27.2. The number of ether oxygens (including phenoxy) is 4. The molecule has 0 amide bonds. The van der Waals surface area contributed by atoms with Gasteiger partial charge in [0.15, 0.2) is 0 Å². The molecule has 2 heterocycles. The van der Waals surface area contributed by atoms with Gasteiger partial charge in [0, 0.05) is 25.2 Å². The second-order valence-electron chi connectivity index (χ2n) is 7.24. The maximum Gasteiger partial charge on any atom is 0.341 e. The third-order valence-electron chi connectivity index (χ3n) is 4.75. The maximum absolute atomic E-state index is 12.8. The molecule has 0 saturated heterocycles. The van der Waals surface area contributed by atoms with Crippen molar-refractivity contribution in [2.24, 2.45) is 0 Å². The molecule has 0 aliphatic heterocycles. The zero-order chi connectivity index (χ0) is 22.2. The van der Waals surface area contributed by atoms with Gasteiger partial charge in [-0.2, -0.15) is 0 Å². The van der Waals surface area contributed by atoms with Gasteiger partial charge in [0.05, 0.1) is 42.0 Å². The molecular formula is C23H28N2O6. The molecule has 0 aliphatic carbocycles. The van der Waals surface area contributed by atoms with Crippen molar-refractivity contribution in [1.29, 1.82) is 0 Å². The molecule has 166 valence electrons. The third kappa shape index (κ3) is 5.61. The molecular weight excluding hydrogens is 400 g/mol. The van der Waals surface area contributed by atoms with Crippen LogP contribution in [0.3, 0.4) is 0 Å². The smallest absolute Gasteiger partial charge is 0.341 e. The van der Waals surface area contributed by atoms with Gasteiger partial charge in [0.2, 0.25) is 0 Å². The van der Waals surface area contributed by atoms with E-state index in [0.717, 1.165) is 16.4 Å². The van der Waals surface area contributed by atoms with E-state index in [-0.39, 0.29) is 12.6 Å². The number of carbonyl (C=O) groups is 2. The van der Waals surface area contributed by atoms with Crippen LogP contribution in [0.4, 0.5) is 0 Å². The van der Waals surface area contributed by atoms with Crippen LogP contribution in [0, 0.1) is 0 Å². The van der Waals surface area contributed by atoms with E-state index in [1.165, 1.54) is 0 Å². The van der Waals surface area contributed by atoms with Crippen LogP contribution in [0.5, 0.6) is 0 Å². The molecule has 0 saturated carbocycles. The van der Waals surface area contributed by atoms with Gasteiger partial charge in [-0.1, -0.05) is 12.1 Å². The SMILES string of the molecule is COCCOCCOC(=O)c1ccc2c(C(=O)OCCN(C)C)c3ccccn3c2c1. The van der Waals surface area contributed by atoms with Crippen molar-refractivity contribution in [3.63, 3.8) is 0 Å². The van der Waals surface area contributed by atoms with Crippen LogP contribution in [0.2, 0.25) is 0 Å². The van der Waals surface area contributed by atoms with Crippen molar-refractivity contribution >= 4 is 28.4 Å². The summed E-state index contributed by atoms with van der Waals surface area (Å²) < 4.78 is 22.8. The monoisotopic (exact) mass is 428 g/mol. The second-order valence-corrected chi connectivity index (χ2v) is 7.24. The van der Waals surface area contributed by atoms with E-state index in [1.807, 2.05) is 47.8 Å². The Balaban J connectivity index is 1.80. The fourth-order valence-electron chi connectivity index (χ4n) is 3.19. The van der Waals surface area contributed by atoms with Gasteiger partial charge >= 0.3 is 11.9 Å². The Hall–Kier alpha value is -2.94. The van der Waals surface area contributed by atoms with Crippen molar-refractivity contribution in [2.45, 2.75) is 0 Å². The van der Waals surface area contributed by atoms with Gasteiger partial charge < -0.3 is 28.2 Å². The molecule has 3 aromatic rings. The van der Waals surface area contributed by atoms with Gasteiger partial charge in [-0.25, -0.2) is 9.59 Å². The van der Waals surface area contributed by atoms with Crippen LogP contribution in [0.1, 0.15) is 20.7 Å². The fraction of sp³-hybridized carbons (Fsp3) is 0.391. The molecule has 1 aromatic carbocycles. The zero-order valence-corrected chi connectivity index (χ0v) is 18.1. The van der Waals surface area contributed by atoms with E-state index < -0.39 is 5.97 Å². The first-order valence-electron chi connectivity index (χ1n) is 10.1. The Labute approximate surface area is 181 Å². The highest BCUT2D eigenvalue weighted by atomic mass is 16.6. The van der Waals surface area contributed by atoms with E-state index in [1.54, 1.807) is 25.3 Å². The van der Waals surface area contributed by atoms with E-state index in [2.05, 4.69) is 0 Å². The van der Waals surface area contributed by atoms with E-state index in [4.69, 9.17) is 18.9 Å². The molecule has 0 N–H and O–H groups in total. The summed E-state index contributed by atoms with van der Waals surface area (Å²) in [6, 6.07) is 10.7. The predicted octanol–water partition coefficient (Wildman–Crippen LogP) is 2.63. The largest absolute Gasteiger partial charge is 0.461 e. The molecule has 8 nitrogen and oxygen atoms in total. The second kappa shape index (κ2) is 10.9. The van der Waals surface area contributed by atoms with E-state index >= 15 is 0 Å². The minimum absolute atomic E-state index is 0.152. The molecule has 0 atom stereocenters. The standard InChI is InChI=1S/C23H28N2O6/c1-24(2)10-11-30-23(27)21-18-8-7-17(22(26)31-15-14-29-13-12-28-3)16-20(18)25-9-5-4-6-19(21)25/h4-9,16H,10-15H2,1-3H3. The number of methoxy groups -OCH3 is 1. The molecule has 0 aliphatic rings. The summed E-state index contributed by atoms with van der Waals surface area (Å²) in [5.41, 5.74) is 2.35. The average Bonchev–Trinajstić information content (AvgIpc) is 3.09. The highest BCUT2D eigenvalue weighted by molar-refractivity contribution is 6.12. The third-order valence-corrected chi connectivity index (χ3v) is 4.75. The first-order valence-corrected chi connectivity index (χ1v) is 10.1. The van der Waals surface area contributed by atoms with Crippen LogP contribution < -0.4 is 0 Å². The van der Waals surface area contributed by atoms with E-state index in [9.17, 15) is 9.59 Å². The number of likely N-dealkylation sites (N-methyl/N-ethyl adjacent to an activating group) is 1. The quantitative estimate of drug-likeness (QED) is 0.343. The first kappa shape index (κ1) is 22.7. The molecule has 8 heteroatoms. The van der Waals surface area contributed by atoms with Crippen LogP contribution in [0.15, 0.2) is 42.6 Å². The van der Waals surface area contributed by atoms with Crippen LogP contribution in [-0.4, -0.2) is 82.0 Å². The molecule has 2 aromatic heterocycles. The Morgan fingerprint density at radius 3 is 2.45 bits per heavy atom. The number of esters is 2. The molecule has 0 fully saturated rings. The summed E-state index contributed by atoms with van der Waals surface area (Å²) in [7, 11) is 5.44. The topological polar surface area (TPSA) is 78.7 Å². The van der Waals surface area contributed by atoms with Crippen molar-refractivity contribution in [3.05, 3.63) is 53.7 Å². The van der Waals surface area contributed by atoms with E-state index in [0.29, 0.717) is 44.1 Å². The number of hydrogen-bond donors (Lipinski definition) is 0. The summed E-state index contributed by atoms with van der Waals surface area (Å²) in [6.07, 6.45) is 1.85. The van der Waals surface area contributed by atoms with Crippen LogP contribution in [-0.2, 0) is 18.9 Å². The Kier molecular flexibility index (Phi) is 8.00. The highest BCUT2D eigenvalue weighted by Gasteiger charge is 2.21. The maximum atomic E-state index is 12.8. The van der Waals surface area contributed by atoms with Gasteiger partial charge in [0.25, 0.3) is 0 Å². The number of benzene rings is 1. The van der Waals surface area contributed by atoms with Gasteiger partial charge in [-0.05, 0) is 38.4 Å². The Morgan fingerprint density at radius 2 is 1.68 bits per heavy atom. The summed E-state index contributed by atoms with van der Waals surface area (Å²) in [6.45, 7) is 2.33. The number of nitrogens with zero attached hydrogens (tertiary/aromatic N) is 2. The number of fused-ring (bicyclic) bond motifs is 3. The average molecular weight is 428 g/mol.